The van der Waals surface area contributed by atoms with E-state index in [0.29, 0.717) is 22.5 Å². The summed E-state index contributed by atoms with van der Waals surface area (Å²) in [5.74, 6) is -0.435. The maximum absolute atomic E-state index is 11.2. The van der Waals surface area contributed by atoms with Crippen LogP contribution in [0.3, 0.4) is 0 Å². The van der Waals surface area contributed by atoms with Crippen LogP contribution in [0.15, 0.2) is 91.3 Å². The zero-order chi connectivity index (χ0) is 25.5. The molecule has 13 heteroatoms. The summed E-state index contributed by atoms with van der Waals surface area (Å²) in [6, 6.07) is 21.4. The molecule has 2 aromatic carbocycles. The van der Waals surface area contributed by atoms with Gasteiger partial charge in [-0.05, 0) is 59.7 Å². The zero-order valence-electron chi connectivity index (χ0n) is 19.4. The Kier molecular flexibility index (Phi) is 10.2. The van der Waals surface area contributed by atoms with Crippen molar-refractivity contribution in [3.05, 3.63) is 114 Å². The first-order valence-electron chi connectivity index (χ1n) is 10.4. The molecule has 0 saturated heterocycles. The standard InChI is InChI=1S/C24H20N2O8S2.Na/c27-35(28)33-22-12-9-18(15-23(22)32-16-19-5-1-3-13-25-19)24(21-6-2-4-14-26-21)17-7-10-20(11-8-17)34-36(29,30)31;/h1-15,24H,16H2,(H,27,28)(H,29,30,31);/q;+1/p-2. The van der Waals surface area contributed by atoms with Gasteiger partial charge in [0.25, 0.3) is 10.4 Å². The second kappa shape index (κ2) is 13.1. The second-order valence-corrected chi connectivity index (χ2v) is 8.91. The van der Waals surface area contributed by atoms with Gasteiger partial charge in [0.2, 0.25) is 0 Å². The van der Waals surface area contributed by atoms with E-state index in [0.717, 1.165) is 0 Å². The summed E-state index contributed by atoms with van der Waals surface area (Å²) in [5, 5.41) is 0. The van der Waals surface area contributed by atoms with Crippen LogP contribution in [0.1, 0.15) is 28.4 Å². The van der Waals surface area contributed by atoms with Gasteiger partial charge in [0.15, 0.2) is 11.5 Å². The van der Waals surface area contributed by atoms with Crippen molar-refractivity contribution in [2.45, 2.75) is 12.5 Å². The van der Waals surface area contributed by atoms with E-state index in [2.05, 4.69) is 14.2 Å². The van der Waals surface area contributed by atoms with Crippen molar-refractivity contribution < 1.29 is 64.4 Å². The van der Waals surface area contributed by atoms with Crippen LogP contribution in [0, 0.1) is 0 Å². The molecule has 4 aromatic rings. The summed E-state index contributed by atoms with van der Waals surface area (Å²) < 4.78 is 70.3. The van der Waals surface area contributed by atoms with E-state index < -0.39 is 27.7 Å². The van der Waals surface area contributed by atoms with Gasteiger partial charge in [0.05, 0.1) is 17.3 Å². The van der Waals surface area contributed by atoms with Crippen LogP contribution >= 0.6 is 0 Å². The molecule has 0 bridgehead atoms. The smallest absolute Gasteiger partial charge is 0.740 e. The second-order valence-electron chi connectivity index (χ2n) is 7.35. The molecular formula is C24H18N2NaO8S2-. The maximum Gasteiger partial charge on any atom is 1.00 e. The van der Waals surface area contributed by atoms with Crippen LogP contribution in [0.4, 0.5) is 0 Å². The third-order valence-corrected chi connectivity index (χ3v) is 5.67. The summed E-state index contributed by atoms with van der Waals surface area (Å²) in [6.07, 6.45) is 3.24. The van der Waals surface area contributed by atoms with E-state index in [1.807, 2.05) is 12.1 Å². The van der Waals surface area contributed by atoms with E-state index in [1.165, 1.54) is 18.2 Å². The van der Waals surface area contributed by atoms with Crippen LogP contribution in [0.2, 0.25) is 0 Å². The summed E-state index contributed by atoms with van der Waals surface area (Å²) >= 11 is -2.82. The fourth-order valence-corrected chi connectivity index (χ4v) is 4.14. The average molecular weight is 550 g/mol. The van der Waals surface area contributed by atoms with E-state index in [9.17, 15) is 21.7 Å². The number of pyridine rings is 2. The minimum absolute atomic E-state index is 0. The molecular weight excluding hydrogens is 531 g/mol. The Morgan fingerprint density at radius 3 is 2.14 bits per heavy atom. The van der Waals surface area contributed by atoms with Gasteiger partial charge in [-0.25, -0.2) is 12.6 Å². The Morgan fingerprint density at radius 1 is 0.865 bits per heavy atom. The molecule has 10 nitrogen and oxygen atoms in total. The molecule has 2 aromatic heterocycles. The van der Waals surface area contributed by atoms with Crippen LogP contribution in [-0.4, -0.2) is 31.7 Å². The van der Waals surface area contributed by atoms with Gasteiger partial charge in [0, 0.05) is 12.4 Å². The van der Waals surface area contributed by atoms with Crippen molar-refractivity contribution >= 4 is 21.8 Å². The van der Waals surface area contributed by atoms with Crippen LogP contribution in [0.25, 0.3) is 0 Å². The van der Waals surface area contributed by atoms with Gasteiger partial charge in [-0.15, -0.1) is 0 Å². The molecule has 0 aliphatic rings. The molecule has 0 aliphatic carbocycles. The van der Waals surface area contributed by atoms with Crippen molar-refractivity contribution in [3.63, 3.8) is 0 Å². The number of ether oxygens (including phenoxy) is 1. The number of hydrogen-bond acceptors (Lipinski definition) is 10. The summed E-state index contributed by atoms with van der Waals surface area (Å²) in [4.78, 5) is 8.65. The number of hydrogen-bond donors (Lipinski definition) is 0. The van der Waals surface area contributed by atoms with Gasteiger partial charge in [-0.3, -0.25) is 9.97 Å². The van der Waals surface area contributed by atoms with Crippen molar-refractivity contribution in [2.24, 2.45) is 0 Å². The summed E-state index contributed by atoms with van der Waals surface area (Å²) in [6.45, 7) is 0.0656. The Balaban J connectivity index is 0.00000380. The topological polar surface area (TPSA) is 151 Å². The SMILES string of the molecule is O=S([O-])Oc1ccc(C(c2ccc(OS(=O)(=O)[O-])cc2)c2ccccn2)cc1OCc1ccccn1.[Na+]. The number of aromatic nitrogens is 2. The molecule has 2 atom stereocenters. The number of nitrogens with zero attached hydrogens (tertiary/aromatic N) is 2. The fourth-order valence-electron chi connectivity index (χ4n) is 3.51. The number of benzene rings is 2. The van der Waals surface area contributed by atoms with Gasteiger partial charge in [0.1, 0.15) is 23.7 Å². The molecule has 0 fully saturated rings. The Bertz CT molecular complexity index is 1440. The van der Waals surface area contributed by atoms with Gasteiger partial charge in [-0.1, -0.05) is 30.3 Å². The fraction of sp³-hybridized carbons (Fsp3) is 0.0833. The van der Waals surface area contributed by atoms with Crippen molar-refractivity contribution in [1.29, 1.82) is 0 Å². The quantitative estimate of drug-likeness (QED) is 0.117. The zero-order valence-corrected chi connectivity index (χ0v) is 23.1. The van der Waals surface area contributed by atoms with Crippen LogP contribution in [-0.2, 0) is 28.4 Å². The normalized spacial score (nSPS) is 12.6. The van der Waals surface area contributed by atoms with Gasteiger partial charge in [-0.2, -0.15) is 0 Å². The van der Waals surface area contributed by atoms with E-state index in [1.54, 1.807) is 60.9 Å². The largest absolute Gasteiger partial charge is 1.00 e. The monoisotopic (exact) mass is 549 g/mol. The predicted octanol–water partition coefficient (Wildman–Crippen LogP) is 0.252. The third kappa shape index (κ3) is 8.33. The van der Waals surface area contributed by atoms with Crippen molar-refractivity contribution in [3.8, 4) is 17.2 Å². The molecule has 0 amide bonds. The van der Waals surface area contributed by atoms with Crippen molar-refractivity contribution in [1.82, 2.24) is 9.97 Å². The first kappa shape index (κ1) is 28.7. The first-order chi connectivity index (χ1) is 17.3. The molecule has 186 valence electrons. The first-order valence-corrected chi connectivity index (χ1v) is 12.7. The molecule has 0 aliphatic heterocycles. The maximum atomic E-state index is 11.2. The van der Waals surface area contributed by atoms with E-state index in [-0.39, 0.29) is 53.4 Å². The molecule has 4 rings (SSSR count). The van der Waals surface area contributed by atoms with E-state index >= 15 is 0 Å². The molecule has 0 N–H and O–H groups in total. The Morgan fingerprint density at radius 2 is 1.54 bits per heavy atom. The van der Waals surface area contributed by atoms with E-state index in [4.69, 9.17) is 8.92 Å². The predicted molar refractivity (Wildman–Crippen MR) is 127 cm³/mol. The Labute approximate surface area is 238 Å². The van der Waals surface area contributed by atoms with Gasteiger partial charge < -0.3 is 22.2 Å². The minimum Gasteiger partial charge on any atom is -0.740 e. The van der Waals surface area contributed by atoms with Crippen LogP contribution < -0.4 is 42.7 Å². The van der Waals surface area contributed by atoms with Crippen molar-refractivity contribution in [2.75, 3.05) is 0 Å². The molecule has 0 radical (unpaired) electrons. The third-order valence-electron chi connectivity index (χ3n) is 4.96. The minimum atomic E-state index is -4.91. The molecule has 0 saturated carbocycles. The van der Waals surface area contributed by atoms with Gasteiger partial charge >= 0.3 is 29.6 Å². The average Bonchev–Trinajstić information content (AvgIpc) is 2.85. The molecule has 0 spiro atoms. The summed E-state index contributed by atoms with van der Waals surface area (Å²) in [5.41, 5.74) is 2.65. The Hall–Kier alpha value is -2.84. The number of rotatable bonds is 10. The molecule has 2 heterocycles. The summed E-state index contributed by atoms with van der Waals surface area (Å²) in [7, 11) is -4.91. The van der Waals surface area contributed by atoms with Crippen LogP contribution in [0.5, 0.6) is 17.2 Å². The molecule has 37 heavy (non-hydrogen) atoms. The molecule has 2 unspecified atom stereocenters.